The molecule has 0 heterocycles. The van der Waals surface area contributed by atoms with E-state index >= 15 is 0 Å². The highest BCUT2D eigenvalue weighted by Gasteiger charge is 2.25. The topological polar surface area (TPSA) is 83.6 Å². The summed E-state index contributed by atoms with van der Waals surface area (Å²) in [6, 6.07) is 4.53. The lowest BCUT2D eigenvalue weighted by atomic mass is 10.1. The summed E-state index contributed by atoms with van der Waals surface area (Å²) in [5.74, 6) is 0. The second-order valence-corrected chi connectivity index (χ2v) is 9.70. The summed E-state index contributed by atoms with van der Waals surface area (Å²) in [6.07, 6.45) is 1.06. The van der Waals surface area contributed by atoms with Crippen molar-refractivity contribution < 1.29 is 16.8 Å². The van der Waals surface area contributed by atoms with E-state index in [4.69, 9.17) is 0 Å². The Hall–Kier alpha value is -1.12. The predicted molar refractivity (Wildman–Crippen MR) is 84.5 cm³/mol. The third-order valence-electron chi connectivity index (χ3n) is 2.76. The van der Waals surface area contributed by atoms with E-state index in [1.165, 1.54) is 13.1 Å². The fraction of sp³-hybridized carbons (Fsp3) is 0.538. The average Bonchev–Trinajstić information content (AvgIpc) is 2.23. The Bertz CT molecular complexity index is 732. The zero-order valence-corrected chi connectivity index (χ0v) is 14.8. The quantitative estimate of drug-likeness (QED) is 0.904. The van der Waals surface area contributed by atoms with Crippen LogP contribution >= 0.6 is 0 Å². The van der Waals surface area contributed by atoms with Crippen molar-refractivity contribution in [1.82, 2.24) is 4.72 Å². The molecule has 1 aromatic carbocycles. The molecular weight excluding hydrogens is 312 g/mol. The van der Waals surface area contributed by atoms with E-state index in [1.807, 2.05) is 0 Å². The largest absolute Gasteiger partial charge is 0.273 e. The highest BCUT2D eigenvalue weighted by atomic mass is 32.2. The summed E-state index contributed by atoms with van der Waals surface area (Å²) >= 11 is 0. The monoisotopic (exact) mass is 334 g/mol. The van der Waals surface area contributed by atoms with E-state index in [-0.39, 0.29) is 4.90 Å². The van der Waals surface area contributed by atoms with E-state index < -0.39 is 25.6 Å². The number of hydrogen-bond acceptors (Lipinski definition) is 4. The van der Waals surface area contributed by atoms with Gasteiger partial charge < -0.3 is 0 Å². The highest BCUT2D eigenvalue weighted by molar-refractivity contribution is 7.92. The molecule has 0 aromatic heterocycles. The number of benzene rings is 1. The van der Waals surface area contributed by atoms with Crippen molar-refractivity contribution in [2.24, 2.45) is 0 Å². The number of anilines is 1. The maximum absolute atomic E-state index is 12.4. The Morgan fingerprint density at radius 1 is 1.10 bits per heavy atom. The Labute approximate surface area is 127 Å². The van der Waals surface area contributed by atoms with Crippen molar-refractivity contribution >= 4 is 25.7 Å². The molecule has 0 aliphatic carbocycles. The zero-order chi connectivity index (χ0) is 16.6. The third kappa shape index (κ3) is 4.69. The Morgan fingerprint density at radius 2 is 1.62 bits per heavy atom. The molecule has 8 heteroatoms. The maximum Gasteiger partial charge on any atom is 0.241 e. The molecule has 0 aliphatic rings. The van der Waals surface area contributed by atoms with Gasteiger partial charge in [0.05, 0.1) is 16.8 Å². The molecule has 0 aliphatic heterocycles. The van der Waals surface area contributed by atoms with Crippen molar-refractivity contribution in [3.05, 3.63) is 23.8 Å². The van der Waals surface area contributed by atoms with Gasteiger partial charge in [-0.15, -0.1) is 0 Å². The summed E-state index contributed by atoms with van der Waals surface area (Å²) < 4.78 is 51.6. The van der Waals surface area contributed by atoms with Crippen LogP contribution in [0, 0.1) is 6.92 Å². The molecule has 1 aromatic rings. The van der Waals surface area contributed by atoms with Crippen LogP contribution in [0.25, 0.3) is 0 Å². The van der Waals surface area contributed by atoms with Crippen LogP contribution in [0.3, 0.4) is 0 Å². The van der Waals surface area contributed by atoms with E-state index in [1.54, 1.807) is 39.8 Å². The van der Waals surface area contributed by atoms with E-state index in [9.17, 15) is 16.8 Å². The van der Waals surface area contributed by atoms with Gasteiger partial charge in [0.1, 0.15) is 0 Å². The summed E-state index contributed by atoms with van der Waals surface area (Å²) in [5, 5.41) is 0. The molecule has 0 atom stereocenters. The Kier molecular flexibility index (Phi) is 4.77. The first kappa shape index (κ1) is 17.9. The lowest BCUT2D eigenvalue weighted by molar-refractivity contribution is 0.491. The smallest absolute Gasteiger partial charge is 0.241 e. The van der Waals surface area contributed by atoms with Gasteiger partial charge in [-0.05, 0) is 45.4 Å². The molecule has 0 radical (unpaired) electrons. The van der Waals surface area contributed by atoms with Crippen molar-refractivity contribution in [1.29, 1.82) is 0 Å². The summed E-state index contributed by atoms with van der Waals surface area (Å²) in [6.45, 7) is 6.90. The molecule has 21 heavy (non-hydrogen) atoms. The summed E-state index contributed by atoms with van der Waals surface area (Å²) in [5.41, 5.74) is 0.235. The predicted octanol–water partition coefficient (Wildman–Crippen LogP) is 1.47. The van der Waals surface area contributed by atoms with Gasteiger partial charge in [0.2, 0.25) is 20.0 Å². The van der Waals surface area contributed by atoms with Gasteiger partial charge in [0.15, 0.2) is 0 Å². The van der Waals surface area contributed by atoms with Crippen molar-refractivity contribution in [2.45, 2.75) is 38.1 Å². The Balaban J connectivity index is 3.39. The number of rotatable bonds is 4. The third-order valence-corrected chi connectivity index (χ3v) is 5.87. The van der Waals surface area contributed by atoms with Gasteiger partial charge in [-0.25, -0.2) is 21.6 Å². The summed E-state index contributed by atoms with van der Waals surface area (Å²) in [4.78, 5) is 0.0745. The lowest BCUT2D eigenvalue weighted by Gasteiger charge is -2.23. The van der Waals surface area contributed by atoms with Gasteiger partial charge in [0, 0.05) is 12.6 Å². The van der Waals surface area contributed by atoms with E-state index in [0.717, 1.165) is 10.6 Å². The SMILES string of the molecule is Cc1ccc(N(C)S(C)(=O)=O)cc1S(=O)(=O)NC(C)(C)C. The molecule has 0 unspecified atom stereocenters. The molecule has 1 N–H and O–H groups in total. The first-order valence-corrected chi connectivity index (χ1v) is 9.66. The molecule has 120 valence electrons. The molecule has 0 spiro atoms. The maximum atomic E-state index is 12.4. The number of sulfonamides is 2. The minimum Gasteiger partial charge on any atom is -0.273 e. The molecule has 1 rings (SSSR count). The van der Waals surface area contributed by atoms with Crippen LogP contribution in [0.1, 0.15) is 26.3 Å². The minimum atomic E-state index is -3.72. The zero-order valence-electron chi connectivity index (χ0n) is 13.1. The highest BCUT2D eigenvalue weighted by Crippen LogP contribution is 2.24. The standard InChI is InChI=1S/C13H22N2O4S2/c1-10-7-8-11(15(5)20(6,16)17)9-12(10)21(18,19)14-13(2,3)4/h7-9,14H,1-6H3. The first-order valence-electron chi connectivity index (χ1n) is 6.32. The van der Waals surface area contributed by atoms with Crippen LogP contribution in [0.15, 0.2) is 23.1 Å². The van der Waals surface area contributed by atoms with Crippen LogP contribution in [0.2, 0.25) is 0 Å². The van der Waals surface area contributed by atoms with Crippen LogP contribution in [-0.2, 0) is 20.0 Å². The molecule has 0 saturated carbocycles. The molecule has 0 amide bonds. The van der Waals surface area contributed by atoms with Crippen LogP contribution in [0.5, 0.6) is 0 Å². The second-order valence-electron chi connectivity index (χ2n) is 6.04. The molecular formula is C13H22N2O4S2. The molecule has 0 saturated heterocycles. The van der Waals surface area contributed by atoms with Gasteiger partial charge in [-0.3, -0.25) is 4.31 Å². The minimum absolute atomic E-state index is 0.0745. The molecule has 6 nitrogen and oxygen atoms in total. The van der Waals surface area contributed by atoms with Gasteiger partial charge in [-0.1, -0.05) is 6.07 Å². The number of hydrogen-bond donors (Lipinski definition) is 1. The van der Waals surface area contributed by atoms with Crippen LogP contribution < -0.4 is 9.03 Å². The van der Waals surface area contributed by atoms with Gasteiger partial charge in [0.25, 0.3) is 0 Å². The molecule has 0 fully saturated rings. The number of aryl methyl sites for hydroxylation is 1. The first-order chi connectivity index (χ1) is 9.24. The van der Waals surface area contributed by atoms with Crippen molar-refractivity contribution in [2.75, 3.05) is 17.6 Å². The van der Waals surface area contributed by atoms with Crippen LogP contribution in [0.4, 0.5) is 5.69 Å². The van der Waals surface area contributed by atoms with Crippen molar-refractivity contribution in [3.63, 3.8) is 0 Å². The van der Waals surface area contributed by atoms with Crippen molar-refractivity contribution in [3.8, 4) is 0 Å². The summed E-state index contributed by atoms with van der Waals surface area (Å²) in [7, 11) is -5.79. The van der Waals surface area contributed by atoms with Gasteiger partial charge >= 0.3 is 0 Å². The number of nitrogens with zero attached hydrogens (tertiary/aromatic N) is 1. The van der Waals surface area contributed by atoms with E-state index in [0.29, 0.717) is 11.3 Å². The fourth-order valence-corrected chi connectivity index (χ4v) is 3.90. The second kappa shape index (κ2) is 5.58. The average molecular weight is 334 g/mol. The fourth-order valence-electron chi connectivity index (χ4n) is 1.72. The molecule has 0 bridgehead atoms. The van der Waals surface area contributed by atoms with Gasteiger partial charge in [-0.2, -0.15) is 0 Å². The normalized spacial score (nSPS) is 13.2. The van der Waals surface area contributed by atoms with E-state index in [2.05, 4.69) is 4.72 Å². The number of nitrogens with one attached hydrogen (secondary N) is 1. The van der Waals surface area contributed by atoms with Crippen LogP contribution in [-0.4, -0.2) is 35.7 Å². The lowest BCUT2D eigenvalue weighted by Crippen LogP contribution is -2.40. The Morgan fingerprint density at radius 3 is 2.05 bits per heavy atom.